The van der Waals surface area contributed by atoms with Crippen LogP contribution in [0.3, 0.4) is 0 Å². The van der Waals surface area contributed by atoms with Crippen LogP contribution in [-0.2, 0) is 0 Å². The molecule has 0 aliphatic rings. The van der Waals surface area contributed by atoms with E-state index >= 15 is 0 Å². The van der Waals surface area contributed by atoms with E-state index in [1.165, 1.54) is 0 Å². The van der Waals surface area contributed by atoms with E-state index in [0.29, 0.717) is 11.3 Å². The Bertz CT molecular complexity index is 796. The zero-order valence-electron chi connectivity index (χ0n) is 13.0. The third kappa shape index (κ3) is 1.76. The van der Waals surface area contributed by atoms with Gasteiger partial charge in [-0.1, -0.05) is 48.5 Å². The van der Waals surface area contributed by atoms with Crippen LogP contribution in [0.1, 0.15) is 15.5 Å². The summed E-state index contributed by atoms with van der Waals surface area (Å²) in [6.45, 7) is -0.406. The molecule has 0 N–H and O–H groups in total. The van der Waals surface area contributed by atoms with Gasteiger partial charge in [0, 0.05) is 15.1 Å². The van der Waals surface area contributed by atoms with E-state index in [2.05, 4.69) is 9.97 Å². The summed E-state index contributed by atoms with van der Waals surface area (Å²) in [5, 5.41) is 0.764. The van der Waals surface area contributed by atoms with Crippen LogP contribution in [0.5, 0.6) is 0 Å². The topological polar surface area (TPSA) is 25.8 Å². The predicted molar refractivity (Wildman–Crippen MR) is 74.4 cm³/mol. The van der Waals surface area contributed by atoms with Crippen molar-refractivity contribution in [2.24, 2.45) is 0 Å². The van der Waals surface area contributed by atoms with Crippen molar-refractivity contribution in [1.29, 1.82) is 0 Å². The summed E-state index contributed by atoms with van der Waals surface area (Å²) >= 11 is 0. The van der Waals surface area contributed by atoms with Crippen LogP contribution in [-0.4, -0.2) is 9.97 Å². The average Bonchev–Trinajstić information content (AvgIpc) is 2.45. The van der Waals surface area contributed by atoms with E-state index in [4.69, 9.17) is 4.11 Å². The summed E-state index contributed by atoms with van der Waals surface area (Å²) in [4.78, 5) is 8.86. The summed E-state index contributed by atoms with van der Waals surface area (Å²) in [5.41, 5.74) is 2.49. The van der Waals surface area contributed by atoms with Crippen LogP contribution >= 0.6 is 0 Å². The first-order valence-electron chi connectivity index (χ1n) is 7.30. The van der Waals surface area contributed by atoms with Crippen LogP contribution in [0, 0.1) is 13.8 Å². The average molecular weight is 237 g/mol. The molecular formula is C16H14N2. The van der Waals surface area contributed by atoms with Gasteiger partial charge in [-0.15, -0.1) is 0 Å². The predicted octanol–water partition coefficient (Wildman–Crippen LogP) is 3.91. The molecule has 0 aliphatic carbocycles. The molecule has 0 saturated carbocycles. The minimum absolute atomic E-state index is 0.266. The quantitative estimate of drug-likeness (QED) is 0.641. The summed E-state index contributed by atoms with van der Waals surface area (Å²) in [6.07, 6.45) is 0. The fourth-order valence-electron chi connectivity index (χ4n) is 2.08. The standard InChI is InChI=1S/C16H14N2/c1-11-7-6-10-14-15(11)17-12(2)18-16(14)13-8-4-3-5-9-13/h3-10H,1-2H3/i1D3. The van der Waals surface area contributed by atoms with Gasteiger partial charge in [0.1, 0.15) is 5.82 Å². The van der Waals surface area contributed by atoms with Gasteiger partial charge in [0.25, 0.3) is 0 Å². The molecule has 0 atom stereocenters. The number of hydrogen-bond donors (Lipinski definition) is 0. The molecule has 0 spiro atoms. The molecule has 2 heteroatoms. The third-order valence-electron chi connectivity index (χ3n) is 2.89. The van der Waals surface area contributed by atoms with E-state index < -0.39 is 6.85 Å². The number of aryl methyl sites for hydroxylation is 2. The molecule has 0 amide bonds. The summed E-state index contributed by atoms with van der Waals surface area (Å²) in [7, 11) is 0. The first-order chi connectivity index (χ1) is 9.97. The Balaban J connectivity index is 2.38. The van der Waals surface area contributed by atoms with Gasteiger partial charge < -0.3 is 0 Å². The molecule has 0 radical (unpaired) electrons. The minimum Gasteiger partial charge on any atom is -0.233 e. The molecule has 1 heterocycles. The molecule has 0 fully saturated rings. The molecular weight excluding hydrogens is 220 g/mol. The summed E-state index contributed by atoms with van der Waals surface area (Å²) < 4.78 is 23.0. The highest BCUT2D eigenvalue weighted by molar-refractivity contribution is 5.93. The van der Waals surface area contributed by atoms with Crippen molar-refractivity contribution in [2.75, 3.05) is 0 Å². The fraction of sp³-hybridized carbons (Fsp3) is 0.125. The molecule has 88 valence electrons. The molecule has 3 aromatic rings. The number of rotatable bonds is 1. The largest absolute Gasteiger partial charge is 0.233 e. The lowest BCUT2D eigenvalue weighted by Gasteiger charge is -2.08. The van der Waals surface area contributed by atoms with E-state index in [1.54, 1.807) is 19.1 Å². The molecule has 3 rings (SSSR count). The second-order valence-corrected chi connectivity index (χ2v) is 4.19. The lowest BCUT2D eigenvalue weighted by atomic mass is 10.0. The fourth-order valence-corrected chi connectivity index (χ4v) is 2.08. The normalized spacial score (nSPS) is 13.9. The van der Waals surface area contributed by atoms with Gasteiger partial charge in [-0.3, -0.25) is 0 Å². The van der Waals surface area contributed by atoms with Crippen molar-refractivity contribution < 1.29 is 4.11 Å². The Hall–Kier alpha value is -2.22. The number of aromatic nitrogens is 2. The van der Waals surface area contributed by atoms with Crippen LogP contribution in [0.15, 0.2) is 48.5 Å². The third-order valence-corrected chi connectivity index (χ3v) is 2.89. The van der Waals surface area contributed by atoms with Crippen LogP contribution in [0.25, 0.3) is 22.2 Å². The summed E-state index contributed by atoms with van der Waals surface area (Å²) in [6, 6.07) is 15.0. The molecule has 18 heavy (non-hydrogen) atoms. The second kappa shape index (κ2) is 4.22. The molecule has 0 bridgehead atoms. The zero-order valence-corrected chi connectivity index (χ0v) is 10.0. The molecule has 0 unspecified atom stereocenters. The monoisotopic (exact) mass is 237 g/mol. The number of hydrogen-bond acceptors (Lipinski definition) is 2. The maximum absolute atomic E-state index is 7.67. The maximum Gasteiger partial charge on any atom is 0.126 e. The Morgan fingerprint density at radius 2 is 1.78 bits per heavy atom. The Morgan fingerprint density at radius 1 is 0.944 bits per heavy atom. The van der Waals surface area contributed by atoms with Crippen molar-refractivity contribution in [3.63, 3.8) is 0 Å². The van der Waals surface area contributed by atoms with Crippen molar-refractivity contribution in [1.82, 2.24) is 9.97 Å². The lowest BCUT2D eigenvalue weighted by Crippen LogP contribution is -1.95. The minimum atomic E-state index is -2.19. The first-order valence-corrected chi connectivity index (χ1v) is 5.80. The van der Waals surface area contributed by atoms with Crippen molar-refractivity contribution in [3.8, 4) is 11.3 Å². The van der Waals surface area contributed by atoms with Crippen molar-refractivity contribution >= 4 is 10.9 Å². The van der Waals surface area contributed by atoms with Gasteiger partial charge in [0.15, 0.2) is 0 Å². The molecule has 1 aromatic heterocycles. The van der Waals surface area contributed by atoms with Crippen molar-refractivity contribution in [2.45, 2.75) is 13.8 Å². The van der Waals surface area contributed by atoms with E-state index in [0.717, 1.165) is 16.6 Å². The van der Waals surface area contributed by atoms with Gasteiger partial charge in [-0.2, -0.15) is 0 Å². The SMILES string of the molecule is [2H]C([2H])([2H])c1cccc2c(-c3ccccc3)nc(C)nc12. The summed E-state index contributed by atoms with van der Waals surface area (Å²) in [5.74, 6) is 0.568. The van der Waals surface area contributed by atoms with E-state index in [9.17, 15) is 0 Å². The van der Waals surface area contributed by atoms with E-state index in [-0.39, 0.29) is 5.56 Å². The highest BCUT2D eigenvalue weighted by Gasteiger charge is 2.08. The van der Waals surface area contributed by atoms with Crippen LogP contribution in [0.4, 0.5) is 0 Å². The van der Waals surface area contributed by atoms with Crippen LogP contribution < -0.4 is 0 Å². The van der Waals surface area contributed by atoms with Gasteiger partial charge in [-0.05, 0) is 19.3 Å². The van der Waals surface area contributed by atoms with Gasteiger partial charge in [-0.25, -0.2) is 9.97 Å². The molecule has 0 aliphatic heterocycles. The second-order valence-electron chi connectivity index (χ2n) is 4.19. The number of nitrogens with zero attached hydrogens (tertiary/aromatic N) is 2. The molecule has 2 aromatic carbocycles. The lowest BCUT2D eigenvalue weighted by molar-refractivity contribution is 1.09. The Labute approximate surface area is 111 Å². The Kier molecular flexibility index (Phi) is 1.87. The maximum atomic E-state index is 7.67. The molecule has 0 saturated heterocycles. The smallest absolute Gasteiger partial charge is 0.126 e. The number of para-hydroxylation sites is 1. The zero-order chi connectivity index (χ0) is 15.0. The van der Waals surface area contributed by atoms with E-state index in [1.807, 2.05) is 36.4 Å². The number of fused-ring (bicyclic) bond motifs is 1. The van der Waals surface area contributed by atoms with Gasteiger partial charge >= 0.3 is 0 Å². The number of benzene rings is 2. The molecule has 2 nitrogen and oxygen atoms in total. The first kappa shape index (κ1) is 7.98. The highest BCUT2D eigenvalue weighted by atomic mass is 14.9. The van der Waals surface area contributed by atoms with Crippen molar-refractivity contribution in [3.05, 3.63) is 59.9 Å². The Morgan fingerprint density at radius 3 is 2.56 bits per heavy atom. The van der Waals surface area contributed by atoms with Crippen LogP contribution in [0.2, 0.25) is 0 Å². The highest BCUT2D eigenvalue weighted by Crippen LogP contribution is 2.27. The van der Waals surface area contributed by atoms with Gasteiger partial charge in [0.2, 0.25) is 0 Å². The van der Waals surface area contributed by atoms with Gasteiger partial charge in [0.05, 0.1) is 11.2 Å².